The first-order chi connectivity index (χ1) is 13.0. The molecular weight excluding hydrogens is 358 g/mol. The van der Waals surface area contributed by atoms with Crippen molar-refractivity contribution in [3.63, 3.8) is 0 Å². The van der Waals surface area contributed by atoms with E-state index >= 15 is 0 Å². The van der Waals surface area contributed by atoms with Crippen LogP contribution in [-0.2, 0) is 11.8 Å². The summed E-state index contributed by atoms with van der Waals surface area (Å²) in [6.07, 6.45) is 4.38. The van der Waals surface area contributed by atoms with E-state index < -0.39 is 12.5 Å². The molecule has 2 amide bonds. The molecule has 0 aliphatic carbocycles. The Labute approximate surface area is 154 Å². The third kappa shape index (κ3) is 4.42. The first kappa shape index (κ1) is 18.8. The maximum atomic E-state index is 12.4. The van der Waals surface area contributed by atoms with E-state index in [1.54, 1.807) is 11.1 Å². The van der Waals surface area contributed by atoms with E-state index in [0.29, 0.717) is 13.1 Å². The van der Waals surface area contributed by atoms with E-state index in [4.69, 9.17) is 0 Å². The van der Waals surface area contributed by atoms with Gasteiger partial charge in [0, 0.05) is 38.4 Å². The second kappa shape index (κ2) is 8.15. The molecule has 2 heterocycles. The third-order valence-corrected chi connectivity index (χ3v) is 4.51. The summed E-state index contributed by atoms with van der Waals surface area (Å²) in [7, 11) is 1.91. The number of halogens is 2. The average molecular weight is 378 g/mol. The Morgan fingerprint density at radius 2 is 2.15 bits per heavy atom. The fourth-order valence-corrected chi connectivity index (χ4v) is 3.18. The molecule has 27 heavy (non-hydrogen) atoms. The zero-order chi connectivity index (χ0) is 19.4. The molecule has 1 N–H and O–H groups in total. The number of alkyl halides is 2. The quantitative estimate of drug-likeness (QED) is 0.831. The minimum Gasteiger partial charge on any atom is -0.434 e. The molecule has 0 bridgehead atoms. The van der Waals surface area contributed by atoms with Gasteiger partial charge in [-0.3, -0.25) is 9.59 Å². The number of nitrogens with one attached hydrogen (secondary N) is 1. The predicted molar refractivity (Wildman–Crippen MR) is 92.6 cm³/mol. The lowest BCUT2D eigenvalue weighted by molar-refractivity contribution is -0.129. The van der Waals surface area contributed by atoms with Crippen LogP contribution in [0.2, 0.25) is 0 Å². The van der Waals surface area contributed by atoms with Crippen LogP contribution in [0.3, 0.4) is 0 Å². The first-order valence-electron chi connectivity index (χ1n) is 8.52. The summed E-state index contributed by atoms with van der Waals surface area (Å²) in [5, 5.41) is 2.47. The molecule has 1 aromatic heterocycles. The number of para-hydroxylation sites is 1. The monoisotopic (exact) mass is 378 g/mol. The number of carbonyl (C=O) groups is 2. The zero-order valence-corrected chi connectivity index (χ0v) is 14.8. The number of benzene rings is 1. The number of hydrogen-bond acceptors (Lipinski definition) is 4. The number of carbonyl (C=O) groups excluding carboxylic acids is 2. The smallest absolute Gasteiger partial charge is 0.387 e. The summed E-state index contributed by atoms with van der Waals surface area (Å²) in [5.74, 6) is -0.0162. The number of nitrogens with zero attached hydrogens (tertiary/aromatic N) is 3. The van der Waals surface area contributed by atoms with Crippen molar-refractivity contribution in [1.82, 2.24) is 19.8 Å². The van der Waals surface area contributed by atoms with Gasteiger partial charge in [0.1, 0.15) is 11.6 Å². The molecule has 1 aromatic carbocycles. The van der Waals surface area contributed by atoms with E-state index in [1.165, 1.54) is 24.3 Å². The summed E-state index contributed by atoms with van der Waals surface area (Å²) < 4.78 is 31.2. The number of aryl methyl sites for hydroxylation is 1. The van der Waals surface area contributed by atoms with Gasteiger partial charge < -0.3 is 19.5 Å². The Balaban J connectivity index is 1.55. The van der Waals surface area contributed by atoms with Gasteiger partial charge >= 0.3 is 6.61 Å². The molecule has 1 fully saturated rings. The number of ether oxygens (including phenoxy) is 1. The fourth-order valence-electron chi connectivity index (χ4n) is 3.18. The molecule has 0 spiro atoms. The number of likely N-dealkylation sites (tertiary alicyclic amines) is 1. The lowest BCUT2D eigenvalue weighted by Crippen LogP contribution is -2.39. The van der Waals surface area contributed by atoms with Crippen LogP contribution in [0, 0.1) is 0 Å². The van der Waals surface area contributed by atoms with Crippen LogP contribution in [-0.4, -0.2) is 52.5 Å². The highest BCUT2D eigenvalue weighted by atomic mass is 19.3. The number of hydrogen-bond donors (Lipinski definition) is 1. The molecule has 1 unspecified atom stereocenters. The van der Waals surface area contributed by atoms with Crippen LogP contribution in [0.1, 0.15) is 28.5 Å². The summed E-state index contributed by atoms with van der Waals surface area (Å²) in [4.78, 5) is 30.6. The maximum absolute atomic E-state index is 12.4. The lowest BCUT2D eigenvalue weighted by atomic mass is 10.1. The van der Waals surface area contributed by atoms with Gasteiger partial charge in [0.2, 0.25) is 5.91 Å². The van der Waals surface area contributed by atoms with Crippen LogP contribution >= 0.6 is 0 Å². The van der Waals surface area contributed by atoms with Gasteiger partial charge in [0.05, 0.1) is 12.1 Å². The van der Waals surface area contributed by atoms with Gasteiger partial charge in [-0.1, -0.05) is 12.1 Å². The topological polar surface area (TPSA) is 76.5 Å². The van der Waals surface area contributed by atoms with Gasteiger partial charge in [-0.05, 0) is 18.6 Å². The van der Waals surface area contributed by atoms with Gasteiger partial charge in [-0.25, -0.2) is 4.98 Å². The second-order valence-corrected chi connectivity index (χ2v) is 6.28. The van der Waals surface area contributed by atoms with Crippen molar-refractivity contribution in [3.8, 4) is 5.75 Å². The summed E-state index contributed by atoms with van der Waals surface area (Å²) in [6, 6.07) is 5.67. The Morgan fingerprint density at radius 1 is 1.37 bits per heavy atom. The Kier molecular flexibility index (Phi) is 5.68. The molecule has 0 saturated carbocycles. The van der Waals surface area contributed by atoms with E-state index in [-0.39, 0.29) is 29.7 Å². The standard InChI is InChI=1S/C18H20F2N4O3/c1-23-9-7-21-16(23)12-6-8-24(11-12)15(25)10-22-17(26)13-4-2-3-5-14(13)27-18(19)20/h2-5,7,9,12,18H,6,8,10-11H2,1H3,(H,22,26). The molecule has 0 radical (unpaired) electrons. The Hall–Kier alpha value is -2.97. The van der Waals surface area contributed by atoms with E-state index in [1.807, 2.05) is 17.8 Å². The second-order valence-electron chi connectivity index (χ2n) is 6.28. The minimum atomic E-state index is -3.03. The highest BCUT2D eigenvalue weighted by Crippen LogP contribution is 2.25. The zero-order valence-electron chi connectivity index (χ0n) is 14.8. The predicted octanol–water partition coefficient (Wildman–Crippen LogP) is 1.77. The van der Waals surface area contributed by atoms with Crippen LogP contribution in [0.25, 0.3) is 0 Å². The average Bonchev–Trinajstić information content (AvgIpc) is 3.28. The molecule has 2 aromatic rings. The highest BCUT2D eigenvalue weighted by molar-refractivity contribution is 5.98. The van der Waals surface area contributed by atoms with E-state index in [9.17, 15) is 18.4 Å². The number of imidazole rings is 1. The summed E-state index contributed by atoms with van der Waals surface area (Å²) in [5.41, 5.74) is -0.0436. The van der Waals surface area contributed by atoms with Crippen LogP contribution in [0.5, 0.6) is 5.75 Å². The number of rotatable bonds is 6. The molecule has 3 rings (SSSR count). The normalized spacial score (nSPS) is 16.6. The SMILES string of the molecule is Cn1ccnc1C1CCN(C(=O)CNC(=O)c2ccccc2OC(F)F)C1. The number of aromatic nitrogens is 2. The molecule has 144 valence electrons. The van der Waals surface area contributed by atoms with E-state index in [2.05, 4.69) is 15.0 Å². The van der Waals surface area contributed by atoms with Gasteiger partial charge in [-0.2, -0.15) is 8.78 Å². The van der Waals surface area contributed by atoms with Crippen molar-refractivity contribution in [1.29, 1.82) is 0 Å². The van der Waals surface area contributed by atoms with Gasteiger partial charge in [-0.15, -0.1) is 0 Å². The summed E-state index contributed by atoms with van der Waals surface area (Å²) in [6.45, 7) is -2.13. The van der Waals surface area contributed by atoms with E-state index in [0.717, 1.165) is 12.2 Å². The molecule has 1 atom stereocenters. The van der Waals surface area contributed by atoms with Crippen LogP contribution < -0.4 is 10.1 Å². The molecule has 1 aliphatic heterocycles. The van der Waals surface area contributed by atoms with Crippen molar-refractivity contribution in [2.45, 2.75) is 19.0 Å². The molecule has 9 heteroatoms. The van der Waals surface area contributed by atoms with Crippen molar-refractivity contribution >= 4 is 11.8 Å². The molecule has 1 aliphatic rings. The molecular formula is C18H20F2N4O3. The number of amides is 2. The lowest BCUT2D eigenvalue weighted by Gasteiger charge is -2.17. The van der Waals surface area contributed by atoms with Crippen LogP contribution in [0.4, 0.5) is 8.78 Å². The highest BCUT2D eigenvalue weighted by Gasteiger charge is 2.29. The van der Waals surface area contributed by atoms with Crippen molar-refractivity contribution in [3.05, 3.63) is 48.0 Å². The van der Waals surface area contributed by atoms with Crippen molar-refractivity contribution in [2.75, 3.05) is 19.6 Å². The Morgan fingerprint density at radius 3 is 2.85 bits per heavy atom. The fraction of sp³-hybridized carbons (Fsp3) is 0.389. The maximum Gasteiger partial charge on any atom is 0.387 e. The van der Waals surface area contributed by atoms with Gasteiger partial charge in [0.25, 0.3) is 5.91 Å². The summed E-state index contributed by atoms with van der Waals surface area (Å²) >= 11 is 0. The Bertz CT molecular complexity index is 824. The van der Waals surface area contributed by atoms with Crippen LogP contribution in [0.15, 0.2) is 36.7 Å². The molecule has 1 saturated heterocycles. The first-order valence-corrected chi connectivity index (χ1v) is 8.52. The minimum absolute atomic E-state index is 0.0436. The van der Waals surface area contributed by atoms with Crippen molar-refractivity contribution < 1.29 is 23.1 Å². The van der Waals surface area contributed by atoms with Gasteiger partial charge in [0.15, 0.2) is 0 Å². The molecule has 7 nitrogen and oxygen atoms in total. The van der Waals surface area contributed by atoms with Crippen molar-refractivity contribution in [2.24, 2.45) is 7.05 Å². The largest absolute Gasteiger partial charge is 0.434 e. The third-order valence-electron chi connectivity index (χ3n) is 4.51.